The third kappa shape index (κ3) is 6.41. The normalized spacial score (nSPS) is 12.0. The number of rotatable bonds is 7. The van der Waals surface area contributed by atoms with E-state index in [1.807, 2.05) is 6.08 Å². The summed E-state index contributed by atoms with van der Waals surface area (Å²) in [6.07, 6.45) is 12.3. The Hall–Kier alpha value is -1.11. The Morgan fingerprint density at radius 1 is 1.29 bits per heavy atom. The summed E-state index contributed by atoms with van der Waals surface area (Å²) in [7, 11) is 0. The molecule has 1 heteroatoms. The topological polar surface area (TPSA) is 23.9 Å². The van der Waals surface area contributed by atoms with Crippen LogP contribution in [0.5, 0.6) is 0 Å². The smallest absolute Gasteiger partial charge is 0.0244 e. The second-order valence-electron chi connectivity index (χ2n) is 3.37. The molecule has 1 N–H and O–H groups in total. The summed E-state index contributed by atoms with van der Waals surface area (Å²) in [4.78, 5) is 0. The largest absolute Gasteiger partial charge is 0.308 e. The van der Waals surface area contributed by atoms with Crippen molar-refractivity contribution in [3.8, 4) is 0 Å². The van der Waals surface area contributed by atoms with Crippen LogP contribution in [0.1, 0.15) is 39.5 Å². The van der Waals surface area contributed by atoms with Gasteiger partial charge in [-0.3, -0.25) is 0 Å². The van der Waals surface area contributed by atoms with Crippen LogP contribution in [0.25, 0.3) is 0 Å². The second kappa shape index (κ2) is 8.49. The maximum atomic E-state index is 6.98. The van der Waals surface area contributed by atoms with E-state index in [1.165, 1.54) is 31.1 Å². The molecule has 14 heavy (non-hydrogen) atoms. The van der Waals surface area contributed by atoms with Gasteiger partial charge in [0.05, 0.1) is 0 Å². The Bertz CT molecular complexity index is 234. The van der Waals surface area contributed by atoms with Crippen LogP contribution < -0.4 is 0 Å². The molecule has 78 valence electrons. The molecule has 0 rings (SSSR count). The van der Waals surface area contributed by atoms with E-state index in [-0.39, 0.29) is 0 Å². The first kappa shape index (κ1) is 12.9. The molecule has 0 aliphatic rings. The number of nitrogens with one attached hydrogen (secondary N) is 1. The number of hydrogen-bond acceptors (Lipinski definition) is 1. The highest BCUT2D eigenvalue weighted by molar-refractivity contribution is 5.78. The fourth-order valence-electron chi connectivity index (χ4n) is 1.17. The number of allylic oxidation sites excluding steroid dienone is 5. The number of hydrogen-bond donors (Lipinski definition) is 1. The molecule has 0 radical (unpaired) electrons. The monoisotopic (exact) mass is 191 g/mol. The SMILES string of the molecule is C=C(C=N)/C=C\C(=C/C)CCCCC. The van der Waals surface area contributed by atoms with Gasteiger partial charge in [0.25, 0.3) is 0 Å². The lowest BCUT2D eigenvalue weighted by Gasteiger charge is -2.00. The fraction of sp³-hybridized carbons (Fsp3) is 0.462. The first-order chi connectivity index (χ1) is 6.74. The van der Waals surface area contributed by atoms with Crippen molar-refractivity contribution in [3.05, 3.63) is 36.0 Å². The van der Waals surface area contributed by atoms with Crippen LogP contribution in [0.15, 0.2) is 36.0 Å². The molecule has 0 unspecified atom stereocenters. The van der Waals surface area contributed by atoms with Gasteiger partial charge in [0.1, 0.15) is 0 Å². The Kier molecular flexibility index (Phi) is 7.81. The Morgan fingerprint density at radius 2 is 2.00 bits per heavy atom. The van der Waals surface area contributed by atoms with E-state index in [0.717, 1.165) is 12.0 Å². The van der Waals surface area contributed by atoms with Gasteiger partial charge in [0, 0.05) is 6.21 Å². The molecule has 0 bridgehead atoms. The summed E-state index contributed by atoms with van der Waals surface area (Å²) in [5.41, 5.74) is 2.08. The van der Waals surface area contributed by atoms with Crippen LogP contribution in [0.4, 0.5) is 0 Å². The Balaban J connectivity index is 3.97. The van der Waals surface area contributed by atoms with Gasteiger partial charge >= 0.3 is 0 Å². The molecule has 0 fully saturated rings. The van der Waals surface area contributed by atoms with Crippen LogP contribution in [-0.2, 0) is 0 Å². The van der Waals surface area contributed by atoms with Crippen LogP contribution in [-0.4, -0.2) is 6.21 Å². The summed E-state index contributed by atoms with van der Waals surface area (Å²) in [5, 5.41) is 6.98. The molecule has 0 aromatic rings. The van der Waals surface area contributed by atoms with Gasteiger partial charge in [-0.1, -0.05) is 50.1 Å². The molecule has 0 heterocycles. The fourth-order valence-corrected chi connectivity index (χ4v) is 1.17. The quantitative estimate of drug-likeness (QED) is 0.353. The van der Waals surface area contributed by atoms with E-state index in [1.54, 1.807) is 0 Å². The average Bonchev–Trinajstić information content (AvgIpc) is 2.22. The van der Waals surface area contributed by atoms with Gasteiger partial charge in [-0.15, -0.1) is 0 Å². The summed E-state index contributed by atoms with van der Waals surface area (Å²) >= 11 is 0. The molecular formula is C13H21N. The van der Waals surface area contributed by atoms with Crippen molar-refractivity contribution >= 4 is 6.21 Å². The highest BCUT2D eigenvalue weighted by atomic mass is 14.3. The van der Waals surface area contributed by atoms with Gasteiger partial charge in [-0.2, -0.15) is 0 Å². The van der Waals surface area contributed by atoms with Gasteiger partial charge in [-0.05, 0) is 25.3 Å². The lowest BCUT2D eigenvalue weighted by molar-refractivity contribution is 0.719. The molecule has 0 aromatic carbocycles. The van der Waals surface area contributed by atoms with Gasteiger partial charge < -0.3 is 5.41 Å². The van der Waals surface area contributed by atoms with Gasteiger partial charge in [-0.25, -0.2) is 0 Å². The van der Waals surface area contributed by atoms with E-state index in [4.69, 9.17) is 5.41 Å². The summed E-state index contributed by atoms with van der Waals surface area (Å²) < 4.78 is 0. The molecule has 1 nitrogen and oxygen atoms in total. The van der Waals surface area contributed by atoms with Crippen molar-refractivity contribution in [2.45, 2.75) is 39.5 Å². The van der Waals surface area contributed by atoms with E-state index < -0.39 is 0 Å². The maximum Gasteiger partial charge on any atom is 0.0244 e. The van der Waals surface area contributed by atoms with Crippen LogP contribution in [0.3, 0.4) is 0 Å². The summed E-state index contributed by atoms with van der Waals surface area (Å²) in [6, 6.07) is 0. The molecule has 0 amide bonds. The highest BCUT2D eigenvalue weighted by Gasteiger charge is 1.91. The van der Waals surface area contributed by atoms with Crippen LogP contribution in [0, 0.1) is 5.41 Å². The molecule has 0 aliphatic carbocycles. The maximum absolute atomic E-state index is 6.98. The molecule has 0 atom stereocenters. The second-order valence-corrected chi connectivity index (χ2v) is 3.37. The van der Waals surface area contributed by atoms with Gasteiger partial charge in [0.2, 0.25) is 0 Å². The molecule has 0 aromatic heterocycles. The molecule has 0 saturated heterocycles. The molecule has 0 spiro atoms. The zero-order chi connectivity index (χ0) is 10.8. The van der Waals surface area contributed by atoms with E-state index in [9.17, 15) is 0 Å². The molecule has 0 saturated carbocycles. The minimum Gasteiger partial charge on any atom is -0.308 e. The Labute approximate surface area is 87.7 Å². The lowest BCUT2D eigenvalue weighted by atomic mass is 10.1. The highest BCUT2D eigenvalue weighted by Crippen LogP contribution is 2.10. The summed E-state index contributed by atoms with van der Waals surface area (Å²) in [5.74, 6) is 0. The Morgan fingerprint density at radius 3 is 2.50 bits per heavy atom. The first-order valence-electron chi connectivity index (χ1n) is 5.27. The predicted molar refractivity (Wildman–Crippen MR) is 65.0 cm³/mol. The standard InChI is InChI=1S/C13H21N/c1-4-6-7-8-13(5-2)10-9-12(3)11-14/h5,9-11,14H,3-4,6-8H2,1-2H3/b10-9-,13-5-,14-11?. The third-order valence-electron chi connectivity index (χ3n) is 2.14. The zero-order valence-corrected chi connectivity index (χ0v) is 9.34. The minimum atomic E-state index is 0.750. The van der Waals surface area contributed by atoms with Crippen molar-refractivity contribution in [1.82, 2.24) is 0 Å². The van der Waals surface area contributed by atoms with Crippen molar-refractivity contribution in [2.75, 3.05) is 0 Å². The molecular weight excluding hydrogens is 170 g/mol. The average molecular weight is 191 g/mol. The zero-order valence-electron chi connectivity index (χ0n) is 9.34. The van der Waals surface area contributed by atoms with Crippen LogP contribution >= 0.6 is 0 Å². The predicted octanol–water partition coefficient (Wildman–Crippen LogP) is 4.27. The van der Waals surface area contributed by atoms with E-state index >= 15 is 0 Å². The van der Waals surface area contributed by atoms with Crippen molar-refractivity contribution in [3.63, 3.8) is 0 Å². The van der Waals surface area contributed by atoms with E-state index in [0.29, 0.717) is 0 Å². The molecule has 0 aliphatic heterocycles. The van der Waals surface area contributed by atoms with Gasteiger partial charge in [0.15, 0.2) is 0 Å². The van der Waals surface area contributed by atoms with E-state index in [2.05, 4.69) is 32.6 Å². The van der Waals surface area contributed by atoms with Crippen molar-refractivity contribution < 1.29 is 0 Å². The minimum absolute atomic E-state index is 0.750. The van der Waals surface area contributed by atoms with Crippen molar-refractivity contribution in [1.29, 1.82) is 5.41 Å². The lowest BCUT2D eigenvalue weighted by Crippen LogP contribution is -1.81. The first-order valence-corrected chi connectivity index (χ1v) is 5.27. The third-order valence-corrected chi connectivity index (χ3v) is 2.14. The number of unbranched alkanes of at least 4 members (excludes halogenated alkanes) is 2. The summed E-state index contributed by atoms with van der Waals surface area (Å²) in [6.45, 7) is 7.98. The van der Waals surface area contributed by atoms with Crippen molar-refractivity contribution in [2.24, 2.45) is 0 Å². The van der Waals surface area contributed by atoms with Crippen LogP contribution in [0.2, 0.25) is 0 Å².